The zero-order valence-corrected chi connectivity index (χ0v) is 15.1. The Kier molecular flexibility index (Phi) is 4.81. The first-order valence-corrected chi connectivity index (χ1v) is 8.68. The van der Waals surface area contributed by atoms with E-state index in [1.54, 1.807) is 0 Å². The largest absolute Gasteiger partial charge is 0.507 e. The predicted molar refractivity (Wildman–Crippen MR) is 99.2 cm³/mol. The van der Waals surface area contributed by atoms with Gasteiger partial charge in [-0.25, -0.2) is 4.98 Å². The first kappa shape index (κ1) is 17.5. The maximum atomic E-state index is 11.4. The van der Waals surface area contributed by atoms with Crippen molar-refractivity contribution in [1.29, 1.82) is 0 Å². The molecule has 0 atom stereocenters. The number of benzene rings is 1. The highest BCUT2D eigenvalue weighted by molar-refractivity contribution is 5.44. The van der Waals surface area contributed by atoms with Crippen molar-refractivity contribution in [3.05, 3.63) is 52.1 Å². The molecule has 2 heterocycles. The van der Waals surface area contributed by atoms with Crippen LogP contribution in [0.2, 0.25) is 0 Å². The minimum Gasteiger partial charge on any atom is -0.507 e. The van der Waals surface area contributed by atoms with Gasteiger partial charge in [-0.1, -0.05) is 39.0 Å². The number of aromatic amines is 1. The molecule has 25 heavy (non-hydrogen) atoms. The number of phenols is 1. The number of aromatic nitrogens is 2. The summed E-state index contributed by atoms with van der Waals surface area (Å²) in [6.07, 6.45) is 1.44. The lowest BCUT2D eigenvalue weighted by atomic mass is 9.85. The average Bonchev–Trinajstić information content (AvgIpc) is 2.56. The van der Waals surface area contributed by atoms with Gasteiger partial charge in [-0.15, -0.1) is 0 Å². The highest BCUT2D eigenvalue weighted by Crippen LogP contribution is 2.33. The molecule has 0 aliphatic carbocycles. The van der Waals surface area contributed by atoms with Crippen LogP contribution in [0.15, 0.2) is 35.4 Å². The normalized spacial score (nSPS) is 16.2. The molecule has 1 aromatic carbocycles. The molecule has 0 bridgehead atoms. The zero-order chi connectivity index (χ0) is 18.0. The number of hydrogen-bond acceptors (Lipinski definition) is 5. The van der Waals surface area contributed by atoms with E-state index < -0.39 is 0 Å². The third-order valence-corrected chi connectivity index (χ3v) is 4.68. The van der Waals surface area contributed by atoms with Crippen LogP contribution in [0.1, 0.15) is 31.9 Å². The van der Waals surface area contributed by atoms with Crippen molar-refractivity contribution in [1.82, 2.24) is 14.9 Å². The van der Waals surface area contributed by atoms with Crippen LogP contribution in [0.25, 0.3) is 0 Å². The minimum absolute atomic E-state index is 0.0785. The van der Waals surface area contributed by atoms with Gasteiger partial charge >= 0.3 is 0 Å². The summed E-state index contributed by atoms with van der Waals surface area (Å²) in [5, 5.41) is 10.6. The summed E-state index contributed by atoms with van der Waals surface area (Å²) in [7, 11) is 0. The summed E-state index contributed by atoms with van der Waals surface area (Å²) in [6, 6.07) is 7.55. The van der Waals surface area contributed by atoms with E-state index in [9.17, 15) is 9.90 Å². The van der Waals surface area contributed by atoms with E-state index in [1.165, 1.54) is 12.4 Å². The maximum absolute atomic E-state index is 11.4. The van der Waals surface area contributed by atoms with Crippen LogP contribution in [0, 0.1) is 0 Å². The predicted octanol–water partition coefficient (Wildman–Crippen LogP) is 2.10. The van der Waals surface area contributed by atoms with E-state index >= 15 is 0 Å². The van der Waals surface area contributed by atoms with Crippen molar-refractivity contribution in [2.45, 2.75) is 32.7 Å². The first-order valence-electron chi connectivity index (χ1n) is 8.68. The summed E-state index contributed by atoms with van der Waals surface area (Å²) in [6.45, 7) is 10.4. The first-order chi connectivity index (χ1) is 11.8. The number of nitrogens with one attached hydrogen (secondary N) is 1. The van der Waals surface area contributed by atoms with Crippen molar-refractivity contribution in [3.63, 3.8) is 0 Å². The maximum Gasteiger partial charge on any atom is 0.252 e. The number of para-hydroxylation sites is 1. The van der Waals surface area contributed by atoms with Crippen LogP contribution in [-0.4, -0.2) is 46.2 Å². The molecule has 1 aromatic heterocycles. The Labute approximate surface area is 148 Å². The second-order valence-electron chi connectivity index (χ2n) is 7.60. The van der Waals surface area contributed by atoms with Crippen LogP contribution in [0.4, 0.5) is 5.82 Å². The van der Waals surface area contributed by atoms with E-state index in [4.69, 9.17) is 0 Å². The summed E-state index contributed by atoms with van der Waals surface area (Å²) in [5.41, 5.74) is 1.74. The Bertz CT molecular complexity index is 786. The number of H-pyrrole nitrogens is 1. The number of rotatable bonds is 3. The summed E-state index contributed by atoms with van der Waals surface area (Å²) >= 11 is 0. The summed E-state index contributed by atoms with van der Waals surface area (Å²) in [5.74, 6) is 1.13. The van der Waals surface area contributed by atoms with Gasteiger partial charge in [0.05, 0.1) is 6.33 Å². The molecule has 0 saturated carbocycles. The molecule has 2 aromatic rings. The molecular formula is C19H26N4O2. The molecule has 6 nitrogen and oxygen atoms in total. The molecule has 134 valence electrons. The number of aromatic hydroxyl groups is 1. The van der Waals surface area contributed by atoms with E-state index in [1.807, 2.05) is 18.2 Å². The van der Waals surface area contributed by atoms with E-state index in [-0.39, 0.29) is 11.0 Å². The molecule has 0 unspecified atom stereocenters. The monoisotopic (exact) mass is 342 g/mol. The zero-order valence-electron chi connectivity index (χ0n) is 15.1. The van der Waals surface area contributed by atoms with E-state index in [2.05, 4.69) is 40.5 Å². The van der Waals surface area contributed by atoms with Crippen LogP contribution in [-0.2, 0) is 12.0 Å². The van der Waals surface area contributed by atoms with Gasteiger partial charge in [0.25, 0.3) is 5.56 Å². The van der Waals surface area contributed by atoms with Crippen LogP contribution in [0.3, 0.4) is 0 Å². The van der Waals surface area contributed by atoms with Gasteiger partial charge in [-0.3, -0.25) is 9.69 Å². The van der Waals surface area contributed by atoms with Crippen molar-refractivity contribution in [2.75, 3.05) is 31.1 Å². The fourth-order valence-corrected chi connectivity index (χ4v) is 3.23. The van der Waals surface area contributed by atoms with Crippen LogP contribution >= 0.6 is 0 Å². The summed E-state index contributed by atoms with van der Waals surface area (Å²) < 4.78 is 0. The summed E-state index contributed by atoms with van der Waals surface area (Å²) in [4.78, 5) is 22.7. The fraction of sp³-hybridized carbons (Fsp3) is 0.474. The van der Waals surface area contributed by atoms with Gasteiger partial charge in [0.15, 0.2) is 0 Å². The lowest BCUT2D eigenvalue weighted by molar-refractivity contribution is 0.245. The second kappa shape index (κ2) is 6.88. The molecule has 3 rings (SSSR count). The van der Waals surface area contributed by atoms with Gasteiger partial charge in [0, 0.05) is 44.4 Å². The Morgan fingerprint density at radius 1 is 1.20 bits per heavy atom. The highest BCUT2D eigenvalue weighted by Gasteiger charge is 2.22. The number of anilines is 1. The Morgan fingerprint density at radius 2 is 1.92 bits per heavy atom. The lowest BCUT2D eigenvalue weighted by Gasteiger charge is -2.35. The van der Waals surface area contributed by atoms with Gasteiger partial charge in [-0.05, 0) is 11.0 Å². The molecule has 0 spiro atoms. The fourth-order valence-electron chi connectivity index (χ4n) is 3.23. The molecule has 6 heteroatoms. The number of hydrogen-bond donors (Lipinski definition) is 2. The molecular weight excluding hydrogens is 316 g/mol. The SMILES string of the molecule is CC(C)(C)c1cccc(CN2CCN(c3cc(=O)[nH]cn3)CC2)c1O. The van der Waals surface area contributed by atoms with Crippen molar-refractivity contribution >= 4 is 5.82 Å². The van der Waals surface area contributed by atoms with Crippen molar-refractivity contribution < 1.29 is 5.11 Å². The molecule has 0 radical (unpaired) electrons. The number of phenolic OH excluding ortho intramolecular Hbond substituents is 1. The van der Waals surface area contributed by atoms with Crippen LogP contribution < -0.4 is 10.5 Å². The molecule has 0 amide bonds. The molecule has 1 aliphatic heterocycles. The third kappa shape index (κ3) is 4.02. The molecule has 2 N–H and O–H groups in total. The average molecular weight is 342 g/mol. The Hall–Kier alpha value is -2.34. The van der Waals surface area contributed by atoms with Crippen LogP contribution in [0.5, 0.6) is 5.75 Å². The van der Waals surface area contributed by atoms with Gasteiger partial charge in [0.2, 0.25) is 0 Å². The van der Waals surface area contributed by atoms with Gasteiger partial charge in [-0.2, -0.15) is 0 Å². The lowest BCUT2D eigenvalue weighted by Crippen LogP contribution is -2.46. The molecule has 1 saturated heterocycles. The smallest absolute Gasteiger partial charge is 0.252 e. The topological polar surface area (TPSA) is 72.5 Å². The molecule has 1 aliphatic rings. The standard InChI is InChI=1S/C19H26N4O2/c1-19(2,3)15-6-4-5-14(18(15)25)12-22-7-9-23(10-8-22)16-11-17(24)21-13-20-16/h4-6,11,13,25H,7-10,12H2,1-3H3,(H,20,21,24). The van der Waals surface area contributed by atoms with E-state index in [0.717, 1.165) is 49.7 Å². The Morgan fingerprint density at radius 3 is 2.56 bits per heavy atom. The van der Waals surface area contributed by atoms with E-state index in [0.29, 0.717) is 5.75 Å². The highest BCUT2D eigenvalue weighted by atomic mass is 16.3. The molecule has 1 fully saturated rings. The quantitative estimate of drug-likeness (QED) is 0.894. The second-order valence-corrected chi connectivity index (χ2v) is 7.60. The Balaban J connectivity index is 1.66. The minimum atomic E-state index is -0.128. The number of piperazine rings is 1. The third-order valence-electron chi connectivity index (χ3n) is 4.68. The van der Waals surface area contributed by atoms with Gasteiger partial charge < -0.3 is 15.0 Å². The number of nitrogens with zero attached hydrogens (tertiary/aromatic N) is 3. The van der Waals surface area contributed by atoms with Crippen molar-refractivity contribution in [2.24, 2.45) is 0 Å². The van der Waals surface area contributed by atoms with Crippen molar-refractivity contribution in [3.8, 4) is 5.75 Å². The van der Waals surface area contributed by atoms with Gasteiger partial charge in [0.1, 0.15) is 11.6 Å².